The molecule has 0 aliphatic carbocycles. The van der Waals surface area contributed by atoms with Crippen LogP contribution in [0.5, 0.6) is 0 Å². The predicted molar refractivity (Wildman–Crippen MR) is 105 cm³/mol. The number of nitrogens with two attached hydrogens (primary N) is 1. The summed E-state index contributed by atoms with van der Waals surface area (Å²) in [6.07, 6.45) is 0. The maximum absolute atomic E-state index is 12.6. The second kappa shape index (κ2) is 8.45. The summed E-state index contributed by atoms with van der Waals surface area (Å²) >= 11 is 13.6. The summed E-state index contributed by atoms with van der Waals surface area (Å²) in [6.45, 7) is 2.00. The van der Waals surface area contributed by atoms with Crippen LogP contribution in [0.3, 0.4) is 0 Å². The van der Waals surface area contributed by atoms with Crippen LogP contribution in [0, 0.1) is 5.92 Å². The van der Waals surface area contributed by atoms with Crippen molar-refractivity contribution in [3.05, 3.63) is 64.1 Å². The number of nitrogens with zero attached hydrogens (tertiary/aromatic N) is 1. The Hall–Kier alpha value is -1.20. The largest absolute Gasteiger partial charge is 0.341 e. The fourth-order valence-corrected chi connectivity index (χ4v) is 4.61. The van der Waals surface area contributed by atoms with E-state index in [-0.39, 0.29) is 5.91 Å². The van der Waals surface area contributed by atoms with Crippen LogP contribution in [0.2, 0.25) is 10.0 Å². The molecule has 25 heavy (non-hydrogen) atoms. The zero-order chi connectivity index (χ0) is 17.8. The third-order valence-corrected chi connectivity index (χ3v) is 6.29. The first kappa shape index (κ1) is 18.6. The Morgan fingerprint density at radius 1 is 1.16 bits per heavy atom. The van der Waals surface area contributed by atoms with E-state index in [0.29, 0.717) is 47.3 Å². The highest BCUT2D eigenvalue weighted by atomic mass is 35.5. The van der Waals surface area contributed by atoms with Crippen molar-refractivity contribution in [1.29, 1.82) is 0 Å². The van der Waals surface area contributed by atoms with E-state index in [9.17, 15) is 4.79 Å². The third kappa shape index (κ3) is 4.50. The van der Waals surface area contributed by atoms with Crippen molar-refractivity contribution in [3.8, 4) is 0 Å². The van der Waals surface area contributed by atoms with Gasteiger partial charge in [0.15, 0.2) is 0 Å². The predicted octanol–water partition coefficient (Wildman–Crippen LogP) is 4.29. The molecule has 6 heteroatoms. The maximum Gasteiger partial charge on any atom is 0.232 e. The van der Waals surface area contributed by atoms with Crippen LogP contribution in [-0.4, -0.2) is 36.2 Å². The van der Waals surface area contributed by atoms with E-state index in [1.54, 1.807) is 18.2 Å². The molecule has 3 nitrogen and oxygen atoms in total. The Kier molecular flexibility index (Phi) is 6.29. The number of carbonyl (C=O) groups is 1. The van der Waals surface area contributed by atoms with Gasteiger partial charge in [0.05, 0.1) is 10.8 Å². The number of hydrogen-bond acceptors (Lipinski definition) is 3. The van der Waals surface area contributed by atoms with Gasteiger partial charge in [-0.25, -0.2) is 0 Å². The van der Waals surface area contributed by atoms with Gasteiger partial charge in [0.2, 0.25) is 5.91 Å². The SMILES string of the molecule is NC[C@@H]1CN(C(=O)CSc2cc(Cl)ccc2Cl)C[C@H]1c1ccccc1. The van der Waals surface area contributed by atoms with E-state index >= 15 is 0 Å². The van der Waals surface area contributed by atoms with Crippen molar-refractivity contribution in [3.63, 3.8) is 0 Å². The zero-order valence-electron chi connectivity index (χ0n) is 13.7. The van der Waals surface area contributed by atoms with Gasteiger partial charge in [0, 0.05) is 28.9 Å². The molecule has 2 N–H and O–H groups in total. The lowest BCUT2D eigenvalue weighted by molar-refractivity contribution is -0.127. The van der Waals surface area contributed by atoms with Crippen molar-refractivity contribution in [1.82, 2.24) is 4.90 Å². The molecule has 2 aromatic rings. The molecular formula is C19H20Cl2N2OS. The summed E-state index contributed by atoms with van der Waals surface area (Å²) in [6, 6.07) is 15.6. The Morgan fingerprint density at radius 2 is 1.92 bits per heavy atom. The van der Waals surface area contributed by atoms with Gasteiger partial charge in [-0.2, -0.15) is 0 Å². The molecule has 3 rings (SSSR count). The Morgan fingerprint density at radius 3 is 2.64 bits per heavy atom. The van der Waals surface area contributed by atoms with Crippen molar-refractivity contribution >= 4 is 40.9 Å². The van der Waals surface area contributed by atoms with Crippen LogP contribution in [0.15, 0.2) is 53.4 Å². The first-order valence-electron chi connectivity index (χ1n) is 8.19. The molecule has 1 fully saturated rings. The van der Waals surface area contributed by atoms with Crippen molar-refractivity contribution in [2.24, 2.45) is 11.7 Å². The molecule has 0 radical (unpaired) electrons. The molecular weight excluding hydrogens is 375 g/mol. The molecule has 1 amide bonds. The maximum atomic E-state index is 12.6. The standard InChI is InChI=1S/C19H20Cl2N2OS/c20-15-6-7-17(21)18(8-15)25-12-19(24)23-10-14(9-22)16(11-23)13-4-2-1-3-5-13/h1-8,14,16H,9-12,22H2/t14-,16+/m1/s1. The topological polar surface area (TPSA) is 46.3 Å². The molecule has 0 spiro atoms. The van der Waals surface area contributed by atoms with E-state index in [0.717, 1.165) is 4.90 Å². The lowest BCUT2D eigenvalue weighted by Gasteiger charge is -2.17. The number of carbonyl (C=O) groups excluding carboxylic acids is 1. The number of amides is 1. The lowest BCUT2D eigenvalue weighted by atomic mass is 9.89. The number of benzene rings is 2. The summed E-state index contributed by atoms with van der Waals surface area (Å²) in [5, 5.41) is 1.23. The highest BCUT2D eigenvalue weighted by molar-refractivity contribution is 8.00. The van der Waals surface area contributed by atoms with Gasteiger partial charge in [-0.15, -0.1) is 11.8 Å². The minimum absolute atomic E-state index is 0.109. The molecule has 0 aromatic heterocycles. The average molecular weight is 395 g/mol. The quantitative estimate of drug-likeness (QED) is 0.769. The van der Waals surface area contributed by atoms with Crippen LogP contribution in [0.1, 0.15) is 11.5 Å². The normalized spacial score (nSPS) is 20.0. The second-order valence-electron chi connectivity index (χ2n) is 6.18. The monoisotopic (exact) mass is 394 g/mol. The molecule has 132 valence electrons. The molecule has 2 aromatic carbocycles. The second-order valence-corrected chi connectivity index (χ2v) is 8.04. The molecule has 0 saturated carbocycles. The smallest absolute Gasteiger partial charge is 0.232 e. The number of thioether (sulfide) groups is 1. The lowest BCUT2D eigenvalue weighted by Crippen LogP contribution is -2.31. The fourth-order valence-electron chi connectivity index (χ4n) is 3.21. The van der Waals surface area contributed by atoms with Crippen LogP contribution in [0.25, 0.3) is 0 Å². The van der Waals surface area contributed by atoms with Crippen molar-refractivity contribution < 1.29 is 4.79 Å². The van der Waals surface area contributed by atoms with Crippen molar-refractivity contribution in [2.45, 2.75) is 10.8 Å². The number of likely N-dealkylation sites (tertiary alicyclic amines) is 1. The van der Waals surface area contributed by atoms with Crippen LogP contribution in [-0.2, 0) is 4.79 Å². The van der Waals surface area contributed by atoms with E-state index in [1.807, 2.05) is 23.1 Å². The van der Waals surface area contributed by atoms with Gasteiger partial charge in [-0.05, 0) is 36.2 Å². The van der Waals surface area contributed by atoms with Crippen LogP contribution >= 0.6 is 35.0 Å². The van der Waals surface area contributed by atoms with Crippen LogP contribution < -0.4 is 5.73 Å². The van der Waals surface area contributed by atoms with Gasteiger partial charge in [0.25, 0.3) is 0 Å². The van der Waals surface area contributed by atoms with Gasteiger partial charge < -0.3 is 10.6 Å². The Balaban J connectivity index is 1.64. The zero-order valence-corrected chi connectivity index (χ0v) is 16.0. The summed E-state index contributed by atoms with van der Waals surface area (Å²) in [4.78, 5) is 15.4. The minimum Gasteiger partial charge on any atom is -0.341 e. The van der Waals surface area contributed by atoms with E-state index in [4.69, 9.17) is 28.9 Å². The average Bonchev–Trinajstić information content (AvgIpc) is 3.07. The summed E-state index contributed by atoms with van der Waals surface area (Å²) in [5.74, 6) is 1.05. The van der Waals surface area contributed by atoms with Gasteiger partial charge in [0.1, 0.15) is 0 Å². The highest BCUT2D eigenvalue weighted by Crippen LogP contribution is 2.34. The Bertz CT molecular complexity index is 741. The first-order valence-corrected chi connectivity index (χ1v) is 9.93. The molecule has 1 aliphatic heterocycles. The highest BCUT2D eigenvalue weighted by Gasteiger charge is 2.35. The number of rotatable bonds is 5. The van der Waals surface area contributed by atoms with Gasteiger partial charge in [-0.1, -0.05) is 53.5 Å². The molecule has 2 atom stereocenters. The molecule has 1 saturated heterocycles. The van der Waals surface area contributed by atoms with E-state index in [1.165, 1.54) is 17.3 Å². The summed E-state index contributed by atoms with van der Waals surface area (Å²) in [5.41, 5.74) is 7.20. The number of hydrogen-bond donors (Lipinski definition) is 1. The molecule has 0 bridgehead atoms. The third-order valence-electron chi connectivity index (χ3n) is 4.57. The summed E-state index contributed by atoms with van der Waals surface area (Å²) in [7, 11) is 0. The van der Waals surface area contributed by atoms with Crippen molar-refractivity contribution in [2.75, 3.05) is 25.4 Å². The van der Waals surface area contributed by atoms with Crippen LogP contribution in [0.4, 0.5) is 0 Å². The van der Waals surface area contributed by atoms with Gasteiger partial charge >= 0.3 is 0 Å². The number of halogens is 2. The molecule has 1 aliphatic rings. The minimum atomic E-state index is 0.109. The van der Waals surface area contributed by atoms with E-state index < -0.39 is 0 Å². The summed E-state index contributed by atoms with van der Waals surface area (Å²) < 4.78 is 0. The molecule has 0 unspecified atom stereocenters. The molecule has 1 heterocycles. The first-order chi connectivity index (χ1) is 12.1. The van der Waals surface area contributed by atoms with E-state index in [2.05, 4.69) is 12.1 Å². The Labute approximate surface area is 162 Å². The van der Waals surface area contributed by atoms with Gasteiger partial charge in [-0.3, -0.25) is 4.79 Å². The fraction of sp³-hybridized carbons (Fsp3) is 0.316.